The lowest BCUT2D eigenvalue weighted by Gasteiger charge is -2.34. The summed E-state index contributed by atoms with van der Waals surface area (Å²) in [4.78, 5) is 21.7. The van der Waals surface area contributed by atoms with Gasteiger partial charge in [-0.25, -0.2) is 13.4 Å². The molecule has 1 fully saturated rings. The predicted molar refractivity (Wildman–Crippen MR) is 120 cm³/mol. The van der Waals surface area contributed by atoms with Crippen molar-refractivity contribution < 1.29 is 13.2 Å². The number of aryl methyl sites for hydroxylation is 1. The number of thiazole rings is 1. The van der Waals surface area contributed by atoms with Gasteiger partial charge in [-0.05, 0) is 30.5 Å². The predicted octanol–water partition coefficient (Wildman–Crippen LogP) is 3.27. The molecule has 1 aliphatic heterocycles. The van der Waals surface area contributed by atoms with Gasteiger partial charge in [-0.2, -0.15) is 0 Å². The molecule has 1 amide bonds. The number of rotatable bonds is 6. The Labute approximate surface area is 184 Å². The van der Waals surface area contributed by atoms with Crippen LogP contribution in [0.4, 0.5) is 5.69 Å². The van der Waals surface area contributed by atoms with Crippen molar-refractivity contribution in [1.82, 2.24) is 14.8 Å². The fourth-order valence-electron chi connectivity index (χ4n) is 3.36. The molecule has 0 radical (unpaired) electrons. The van der Waals surface area contributed by atoms with Crippen LogP contribution < -0.4 is 4.72 Å². The van der Waals surface area contributed by atoms with Crippen molar-refractivity contribution in [2.75, 3.05) is 30.9 Å². The first-order valence-electron chi connectivity index (χ1n) is 9.50. The van der Waals surface area contributed by atoms with Gasteiger partial charge < -0.3 is 4.90 Å². The van der Waals surface area contributed by atoms with Gasteiger partial charge in [-0.3, -0.25) is 14.4 Å². The zero-order valence-corrected chi connectivity index (χ0v) is 18.9. The SMILES string of the molecule is Cc1nc(CN2CCN(C(=O)c3ccccc3NS(=O)(=O)c3cccs3)CC2)cs1. The number of thiophene rings is 1. The molecule has 3 aromatic rings. The quantitative estimate of drug-likeness (QED) is 0.608. The third-order valence-corrected chi connectivity index (χ3v) is 8.46. The molecule has 0 bridgehead atoms. The van der Waals surface area contributed by atoms with E-state index in [1.807, 2.05) is 6.92 Å². The summed E-state index contributed by atoms with van der Waals surface area (Å²) in [6.07, 6.45) is 0. The van der Waals surface area contributed by atoms with E-state index >= 15 is 0 Å². The van der Waals surface area contributed by atoms with E-state index in [2.05, 4.69) is 20.0 Å². The third-order valence-electron chi connectivity index (χ3n) is 4.87. The minimum Gasteiger partial charge on any atom is -0.336 e. The van der Waals surface area contributed by atoms with E-state index < -0.39 is 10.0 Å². The summed E-state index contributed by atoms with van der Waals surface area (Å²) in [6.45, 7) is 5.47. The van der Waals surface area contributed by atoms with Crippen LogP contribution in [-0.4, -0.2) is 55.3 Å². The molecule has 1 saturated heterocycles. The average molecular weight is 463 g/mol. The first kappa shape index (κ1) is 21.0. The first-order valence-corrected chi connectivity index (χ1v) is 12.7. The second-order valence-electron chi connectivity index (χ2n) is 7.01. The van der Waals surface area contributed by atoms with Crippen molar-refractivity contribution >= 4 is 44.3 Å². The molecule has 1 aromatic carbocycles. The molecule has 0 atom stereocenters. The number of piperazine rings is 1. The lowest BCUT2D eigenvalue weighted by Crippen LogP contribution is -2.48. The summed E-state index contributed by atoms with van der Waals surface area (Å²) in [5, 5.41) is 4.83. The van der Waals surface area contributed by atoms with Gasteiger partial charge in [0.05, 0.1) is 22.0 Å². The monoisotopic (exact) mass is 462 g/mol. The average Bonchev–Trinajstić information content (AvgIpc) is 3.41. The van der Waals surface area contributed by atoms with Crippen molar-refractivity contribution in [3.05, 3.63) is 63.4 Å². The Kier molecular flexibility index (Phi) is 6.19. The Bertz CT molecular complexity index is 1120. The maximum atomic E-state index is 13.1. The third kappa shape index (κ3) is 4.72. The molecule has 0 saturated carbocycles. The van der Waals surface area contributed by atoms with Crippen molar-refractivity contribution in [1.29, 1.82) is 0 Å². The van der Waals surface area contributed by atoms with Crippen LogP contribution in [0.25, 0.3) is 0 Å². The standard InChI is InChI=1S/C20H22N4O3S3/c1-15-21-16(14-29-15)13-23-8-10-24(11-9-23)20(25)17-5-2-3-6-18(17)22-30(26,27)19-7-4-12-28-19/h2-7,12,14,22H,8-11,13H2,1H3. The van der Waals surface area contributed by atoms with Gasteiger partial charge in [0.15, 0.2) is 0 Å². The van der Waals surface area contributed by atoms with E-state index in [0.717, 1.165) is 41.7 Å². The van der Waals surface area contributed by atoms with E-state index in [9.17, 15) is 13.2 Å². The highest BCUT2D eigenvalue weighted by atomic mass is 32.2. The second kappa shape index (κ2) is 8.84. The number of carbonyl (C=O) groups is 1. The summed E-state index contributed by atoms with van der Waals surface area (Å²) >= 11 is 2.78. The van der Waals surface area contributed by atoms with Crippen molar-refractivity contribution in [3.8, 4) is 0 Å². The van der Waals surface area contributed by atoms with Crippen LogP contribution in [0.1, 0.15) is 21.1 Å². The van der Waals surface area contributed by atoms with Crippen LogP contribution in [0, 0.1) is 6.92 Å². The zero-order chi connectivity index (χ0) is 21.1. The normalized spacial score (nSPS) is 15.3. The summed E-state index contributed by atoms with van der Waals surface area (Å²) in [5.41, 5.74) is 1.73. The molecule has 158 valence electrons. The molecular formula is C20H22N4O3S3. The molecule has 0 unspecified atom stereocenters. The van der Waals surface area contributed by atoms with E-state index in [-0.39, 0.29) is 10.1 Å². The van der Waals surface area contributed by atoms with Crippen LogP contribution in [0.2, 0.25) is 0 Å². The van der Waals surface area contributed by atoms with Gasteiger partial charge in [0, 0.05) is 38.1 Å². The highest BCUT2D eigenvalue weighted by molar-refractivity contribution is 7.94. The van der Waals surface area contributed by atoms with Crippen molar-refractivity contribution in [3.63, 3.8) is 0 Å². The number of carbonyl (C=O) groups excluding carboxylic acids is 1. The molecule has 1 N–H and O–H groups in total. The highest BCUT2D eigenvalue weighted by Crippen LogP contribution is 2.24. The molecule has 0 spiro atoms. The summed E-state index contributed by atoms with van der Waals surface area (Å²) in [6, 6.07) is 9.98. The first-order chi connectivity index (χ1) is 14.4. The van der Waals surface area contributed by atoms with Crippen LogP contribution in [0.3, 0.4) is 0 Å². The Balaban J connectivity index is 1.43. The van der Waals surface area contributed by atoms with Gasteiger partial charge in [-0.15, -0.1) is 22.7 Å². The summed E-state index contributed by atoms with van der Waals surface area (Å²) in [7, 11) is -3.71. The van der Waals surface area contributed by atoms with Crippen LogP contribution in [0.5, 0.6) is 0 Å². The van der Waals surface area contributed by atoms with Crippen LogP contribution in [0.15, 0.2) is 51.4 Å². The fourth-order valence-corrected chi connectivity index (χ4v) is 6.04. The lowest BCUT2D eigenvalue weighted by atomic mass is 10.1. The molecular weight excluding hydrogens is 440 g/mol. The Hall–Kier alpha value is -2.27. The molecule has 30 heavy (non-hydrogen) atoms. The fraction of sp³-hybridized carbons (Fsp3) is 0.300. The number of anilines is 1. The van der Waals surface area contributed by atoms with Crippen molar-refractivity contribution in [2.45, 2.75) is 17.7 Å². The maximum Gasteiger partial charge on any atom is 0.271 e. The molecule has 3 heterocycles. The lowest BCUT2D eigenvalue weighted by molar-refractivity contribution is 0.0628. The topological polar surface area (TPSA) is 82.6 Å². The Morgan fingerprint density at radius 3 is 2.53 bits per heavy atom. The molecule has 0 aliphatic carbocycles. The minimum absolute atomic E-state index is 0.163. The molecule has 1 aliphatic rings. The zero-order valence-electron chi connectivity index (χ0n) is 16.4. The number of benzene rings is 1. The molecule has 10 heteroatoms. The van der Waals surface area contributed by atoms with Gasteiger partial charge in [0.2, 0.25) is 0 Å². The number of nitrogens with one attached hydrogen (secondary N) is 1. The van der Waals surface area contributed by atoms with Gasteiger partial charge in [0.25, 0.3) is 15.9 Å². The number of para-hydroxylation sites is 1. The minimum atomic E-state index is -3.71. The second-order valence-corrected chi connectivity index (χ2v) is 10.9. The molecule has 4 rings (SSSR count). The highest BCUT2D eigenvalue weighted by Gasteiger charge is 2.25. The number of amides is 1. The van der Waals surface area contributed by atoms with E-state index in [1.54, 1.807) is 58.0 Å². The van der Waals surface area contributed by atoms with Gasteiger partial charge in [-0.1, -0.05) is 18.2 Å². The van der Waals surface area contributed by atoms with E-state index in [4.69, 9.17) is 0 Å². The summed E-state index contributed by atoms with van der Waals surface area (Å²) in [5.74, 6) is -0.163. The number of hydrogen-bond acceptors (Lipinski definition) is 7. The number of hydrogen-bond donors (Lipinski definition) is 1. The van der Waals surface area contributed by atoms with E-state index in [1.165, 1.54) is 0 Å². The Morgan fingerprint density at radius 1 is 1.10 bits per heavy atom. The maximum absolute atomic E-state index is 13.1. The largest absolute Gasteiger partial charge is 0.336 e. The van der Waals surface area contributed by atoms with E-state index in [0.29, 0.717) is 24.3 Å². The van der Waals surface area contributed by atoms with Crippen LogP contribution in [-0.2, 0) is 16.6 Å². The van der Waals surface area contributed by atoms with Crippen LogP contribution >= 0.6 is 22.7 Å². The van der Waals surface area contributed by atoms with Gasteiger partial charge in [0.1, 0.15) is 4.21 Å². The molecule has 7 nitrogen and oxygen atoms in total. The van der Waals surface area contributed by atoms with Crippen molar-refractivity contribution in [2.24, 2.45) is 0 Å². The summed E-state index contributed by atoms with van der Waals surface area (Å²) < 4.78 is 28.0. The molecule has 2 aromatic heterocycles. The van der Waals surface area contributed by atoms with Gasteiger partial charge >= 0.3 is 0 Å². The number of sulfonamides is 1. The number of nitrogens with zero attached hydrogens (tertiary/aromatic N) is 3. The Morgan fingerprint density at radius 2 is 1.87 bits per heavy atom. The smallest absolute Gasteiger partial charge is 0.271 e. The number of aromatic nitrogens is 1.